The maximum absolute atomic E-state index is 6.14. The molecule has 0 aromatic heterocycles. The van der Waals surface area contributed by atoms with Crippen molar-refractivity contribution in [3.63, 3.8) is 0 Å². The summed E-state index contributed by atoms with van der Waals surface area (Å²) in [6.45, 7) is 4.07. The molecule has 2 aromatic rings. The summed E-state index contributed by atoms with van der Waals surface area (Å²) in [5.74, 6) is 1.63. The third kappa shape index (κ3) is 3.76. The number of aryl methyl sites for hydroxylation is 1. The number of hydrogen-bond donors (Lipinski definition) is 1. The number of hydrogen-bond acceptors (Lipinski definition) is 3. The third-order valence-corrected chi connectivity index (χ3v) is 3.49. The Labute approximate surface area is 126 Å². The van der Waals surface area contributed by atoms with E-state index in [4.69, 9.17) is 15.2 Å². The molecule has 0 bridgehead atoms. The minimum Gasteiger partial charge on any atom is -0.496 e. The Morgan fingerprint density at radius 1 is 1.10 bits per heavy atom. The fraction of sp³-hybridized carbons (Fsp3) is 0.333. The molecule has 0 amide bonds. The molecule has 2 N–H and O–H groups in total. The van der Waals surface area contributed by atoms with E-state index in [-0.39, 0.29) is 12.1 Å². The number of nitrogens with two attached hydrogens (primary N) is 1. The van der Waals surface area contributed by atoms with E-state index in [2.05, 4.69) is 19.1 Å². The molecule has 0 spiro atoms. The number of benzene rings is 2. The summed E-state index contributed by atoms with van der Waals surface area (Å²) in [6, 6.07) is 15.8. The monoisotopic (exact) mass is 285 g/mol. The van der Waals surface area contributed by atoms with Gasteiger partial charge in [0.05, 0.1) is 7.11 Å². The summed E-state index contributed by atoms with van der Waals surface area (Å²) in [5.41, 5.74) is 8.35. The second-order valence-corrected chi connectivity index (χ2v) is 5.14. The summed E-state index contributed by atoms with van der Waals surface area (Å²) in [5, 5.41) is 0. The van der Waals surface area contributed by atoms with Crippen LogP contribution in [0.1, 0.15) is 31.1 Å². The Balaban J connectivity index is 2.31. The van der Waals surface area contributed by atoms with Crippen LogP contribution in [-0.4, -0.2) is 13.2 Å². The zero-order chi connectivity index (χ0) is 15.2. The van der Waals surface area contributed by atoms with Crippen LogP contribution in [0.2, 0.25) is 0 Å². The molecule has 2 aromatic carbocycles. The molecule has 0 saturated heterocycles. The maximum atomic E-state index is 6.14. The van der Waals surface area contributed by atoms with Crippen molar-refractivity contribution in [2.75, 3.05) is 7.11 Å². The average Bonchev–Trinajstić information content (AvgIpc) is 2.52. The normalized spacial score (nSPS) is 13.5. The SMILES string of the molecule is CCc1cccc(OC(c2ccccc2OC)C(C)N)c1. The van der Waals surface area contributed by atoms with Crippen LogP contribution in [0.15, 0.2) is 48.5 Å². The van der Waals surface area contributed by atoms with E-state index >= 15 is 0 Å². The smallest absolute Gasteiger partial charge is 0.142 e. The van der Waals surface area contributed by atoms with Crippen molar-refractivity contribution in [3.05, 3.63) is 59.7 Å². The molecule has 3 nitrogen and oxygen atoms in total. The lowest BCUT2D eigenvalue weighted by Crippen LogP contribution is -2.29. The van der Waals surface area contributed by atoms with Gasteiger partial charge in [-0.05, 0) is 37.1 Å². The van der Waals surface area contributed by atoms with E-state index in [0.717, 1.165) is 23.5 Å². The molecule has 0 radical (unpaired) electrons. The maximum Gasteiger partial charge on any atom is 0.142 e. The molecule has 0 fully saturated rings. The first-order valence-electron chi connectivity index (χ1n) is 7.29. The molecule has 3 heteroatoms. The summed E-state index contributed by atoms with van der Waals surface area (Å²) >= 11 is 0. The predicted octanol–water partition coefficient (Wildman–Crippen LogP) is 3.72. The highest BCUT2D eigenvalue weighted by atomic mass is 16.5. The highest BCUT2D eigenvalue weighted by Crippen LogP contribution is 2.31. The zero-order valence-corrected chi connectivity index (χ0v) is 12.9. The van der Waals surface area contributed by atoms with E-state index in [1.807, 2.05) is 43.3 Å². The van der Waals surface area contributed by atoms with Crippen molar-refractivity contribution in [1.29, 1.82) is 0 Å². The van der Waals surface area contributed by atoms with Crippen molar-refractivity contribution >= 4 is 0 Å². The van der Waals surface area contributed by atoms with Crippen LogP contribution in [0.3, 0.4) is 0 Å². The minimum atomic E-state index is -0.242. The minimum absolute atomic E-state index is 0.147. The van der Waals surface area contributed by atoms with Crippen LogP contribution in [-0.2, 0) is 6.42 Å². The van der Waals surface area contributed by atoms with Crippen molar-refractivity contribution in [1.82, 2.24) is 0 Å². The molecule has 2 unspecified atom stereocenters. The van der Waals surface area contributed by atoms with Crippen LogP contribution < -0.4 is 15.2 Å². The average molecular weight is 285 g/mol. The molecule has 2 atom stereocenters. The van der Waals surface area contributed by atoms with Gasteiger partial charge < -0.3 is 15.2 Å². The summed E-state index contributed by atoms with van der Waals surface area (Å²) in [6.07, 6.45) is 0.739. The molecule has 0 saturated carbocycles. The fourth-order valence-electron chi connectivity index (χ4n) is 2.34. The van der Waals surface area contributed by atoms with Gasteiger partial charge in [-0.2, -0.15) is 0 Å². The second kappa shape index (κ2) is 7.14. The van der Waals surface area contributed by atoms with E-state index in [9.17, 15) is 0 Å². The lowest BCUT2D eigenvalue weighted by molar-refractivity contribution is 0.176. The summed E-state index contributed by atoms with van der Waals surface area (Å²) < 4.78 is 11.6. The first kappa shape index (κ1) is 15.4. The van der Waals surface area contributed by atoms with Gasteiger partial charge >= 0.3 is 0 Å². The van der Waals surface area contributed by atoms with Gasteiger partial charge in [0, 0.05) is 11.6 Å². The van der Waals surface area contributed by atoms with Crippen molar-refractivity contribution < 1.29 is 9.47 Å². The zero-order valence-electron chi connectivity index (χ0n) is 12.9. The van der Waals surface area contributed by atoms with Crippen LogP contribution in [0, 0.1) is 0 Å². The van der Waals surface area contributed by atoms with Crippen LogP contribution >= 0.6 is 0 Å². The predicted molar refractivity (Wildman–Crippen MR) is 85.8 cm³/mol. The van der Waals surface area contributed by atoms with Gasteiger partial charge in [-0.25, -0.2) is 0 Å². The molecule has 112 valence electrons. The van der Waals surface area contributed by atoms with Gasteiger partial charge in [-0.3, -0.25) is 0 Å². The highest BCUT2D eigenvalue weighted by molar-refractivity contribution is 5.37. The van der Waals surface area contributed by atoms with Gasteiger partial charge in [-0.15, -0.1) is 0 Å². The molecule has 21 heavy (non-hydrogen) atoms. The van der Waals surface area contributed by atoms with E-state index in [1.54, 1.807) is 7.11 Å². The largest absolute Gasteiger partial charge is 0.496 e. The summed E-state index contributed by atoms with van der Waals surface area (Å²) in [4.78, 5) is 0. The number of ether oxygens (including phenoxy) is 2. The molecule has 0 aliphatic carbocycles. The Bertz CT molecular complexity index is 581. The molecular formula is C18H23NO2. The molecule has 0 aliphatic rings. The standard InChI is InChI=1S/C18H23NO2/c1-4-14-8-7-9-15(12-14)21-18(13(2)19)16-10-5-6-11-17(16)20-3/h5-13,18H,4,19H2,1-3H3. The topological polar surface area (TPSA) is 44.5 Å². The quantitative estimate of drug-likeness (QED) is 0.879. The van der Waals surface area contributed by atoms with Gasteiger partial charge in [0.2, 0.25) is 0 Å². The van der Waals surface area contributed by atoms with Gasteiger partial charge in [0.15, 0.2) is 0 Å². The summed E-state index contributed by atoms with van der Waals surface area (Å²) in [7, 11) is 1.66. The van der Waals surface area contributed by atoms with Crippen molar-refractivity contribution in [3.8, 4) is 11.5 Å². The fourth-order valence-corrected chi connectivity index (χ4v) is 2.34. The number of rotatable bonds is 6. The Morgan fingerprint density at radius 3 is 2.52 bits per heavy atom. The first-order chi connectivity index (χ1) is 10.2. The number of methoxy groups -OCH3 is 1. The van der Waals surface area contributed by atoms with E-state index in [1.165, 1.54) is 5.56 Å². The second-order valence-electron chi connectivity index (χ2n) is 5.14. The van der Waals surface area contributed by atoms with Crippen molar-refractivity contribution in [2.45, 2.75) is 32.4 Å². The third-order valence-electron chi connectivity index (χ3n) is 3.49. The first-order valence-corrected chi connectivity index (χ1v) is 7.29. The lowest BCUT2D eigenvalue weighted by atomic mass is 10.0. The van der Waals surface area contributed by atoms with Gasteiger partial charge in [0.1, 0.15) is 17.6 Å². The molecular weight excluding hydrogens is 262 g/mol. The van der Waals surface area contributed by atoms with Gasteiger partial charge in [-0.1, -0.05) is 37.3 Å². The van der Waals surface area contributed by atoms with Crippen LogP contribution in [0.5, 0.6) is 11.5 Å². The number of para-hydroxylation sites is 1. The molecule has 2 rings (SSSR count). The Hall–Kier alpha value is -2.00. The van der Waals surface area contributed by atoms with Crippen molar-refractivity contribution in [2.24, 2.45) is 5.73 Å². The Kier molecular flexibility index (Phi) is 5.23. The van der Waals surface area contributed by atoms with Crippen LogP contribution in [0.4, 0.5) is 0 Å². The lowest BCUT2D eigenvalue weighted by Gasteiger charge is -2.24. The van der Waals surface area contributed by atoms with Gasteiger partial charge in [0.25, 0.3) is 0 Å². The molecule has 0 heterocycles. The van der Waals surface area contributed by atoms with E-state index < -0.39 is 0 Å². The molecule has 0 aliphatic heterocycles. The van der Waals surface area contributed by atoms with E-state index in [0.29, 0.717) is 0 Å². The van der Waals surface area contributed by atoms with Crippen LogP contribution in [0.25, 0.3) is 0 Å². The Morgan fingerprint density at radius 2 is 1.86 bits per heavy atom. The highest BCUT2D eigenvalue weighted by Gasteiger charge is 2.21.